The highest BCUT2D eigenvalue weighted by molar-refractivity contribution is 6.39. The summed E-state index contributed by atoms with van der Waals surface area (Å²) in [4.78, 5) is 43.1. The Hall–Kier alpha value is -3.40. The number of nitrogens with zero attached hydrogens (tertiary/aromatic N) is 3. The first-order valence-electron chi connectivity index (χ1n) is 13.2. The average molecular weight is 585 g/mol. The largest absolute Gasteiger partial charge is 0.465 e. The molecule has 9 nitrogen and oxygen atoms in total. The molecule has 210 valence electrons. The van der Waals surface area contributed by atoms with Gasteiger partial charge in [-0.1, -0.05) is 64.8 Å². The van der Waals surface area contributed by atoms with E-state index >= 15 is 0 Å². The summed E-state index contributed by atoms with van der Waals surface area (Å²) in [6.45, 7) is 4.17. The number of likely N-dealkylation sites (tertiary alicyclic amines) is 1. The van der Waals surface area contributed by atoms with E-state index in [9.17, 15) is 14.4 Å². The summed E-state index contributed by atoms with van der Waals surface area (Å²) in [5, 5.41) is 8.36. The molecule has 5 rings (SSSR count). The number of carbonyl (C=O) groups excluding carboxylic acids is 3. The summed E-state index contributed by atoms with van der Waals surface area (Å²) in [6, 6.07) is 14.3. The summed E-state index contributed by atoms with van der Waals surface area (Å²) >= 11 is 12.8. The Bertz CT molecular complexity index is 1400. The van der Waals surface area contributed by atoms with Crippen LogP contribution in [0, 0.1) is 6.92 Å². The van der Waals surface area contributed by atoms with Gasteiger partial charge < -0.3 is 19.1 Å². The molecule has 3 heterocycles. The molecular weight excluding hydrogens is 555 g/mol. The number of piperidine rings is 1. The molecule has 0 radical (unpaired) electrons. The maximum atomic E-state index is 13.8. The molecule has 3 aromatic rings. The second kappa shape index (κ2) is 11.6. The number of nitrogens with one attached hydrogen (secondary N) is 1. The number of hydrogen-bond donors (Lipinski definition) is 1. The van der Waals surface area contributed by atoms with Gasteiger partial charge in [-0.2, -0.15) is 0 Å². The number of ether oxygens (including phenoxy) is 1. The topological polar surface area (TPSA) is 105 Å². The summed E-state index contributed by atoms with van der Waals surface area (Å²) in [7, 11) is 0. The Morgan fingerprint density at radius 3 is 2.42 bits per heavy atom. The number of halogens is 2. The van der Waals surface area contributed by atoms with Crippen molar-refractivity contribution in [3.63, 3.8) is 0 Å². The van der Waals surface area contributed by atoms with E-state index < -0.39 is 17.7 Å². The van der Waals surface area contributed by atoms with Gasteiger partial charge in [0.15, 0.2) is 0 Å². The van der Waals surface area contributed by atoms with Gasteiger partial charge in [0, 0.05) is 31.5 Å². The minimum absolute atomic E-state index is 0.151. The zero-order valence-electron chi connectivity index (χ0n) is 22.3. The summed E-state index contributed by atoms with van der Waals surface area (Å²) in [6.07, 6.45) is 1.36. The number of carbonyl (C=O) groups is 3. The zero-order valence-corrected chi connectivity index (χ0v) is 23.8. The molecule has 0 saturated carbocycles. The lowest BCUT2D eigenvalue weighted by Crippen LogP contribution is -2.60. The van der Waals surface area contributed by atoms with Crippen LogP contribution in [0.4, 0.5) is 0 Å². The van der Waals surface area contributed by atoms with Gasteiger partial charge in [-0.15, -0.1) is 0 Å². The third-order valence-electron chi connectivity index (χ3n) is 7.55. The average Bonchev–Trinajstić information content (AvgIpc) is 3.42. The van der Waals surface area contributed by atoms with E-state index in [4.69, 9.17) is 32.5 Å². The van der Waals surface area contributed by atoms with Gasteiger partial charge in [-0.25, -0.2) is 0 Å². The molecule has 2 aliphatic rings. The van der Waals surface area contributed by atoms with Crippen LogP contribution in [-0.2, 0) is 20.7 Å². The van der Waals surface area contributed by atoms with Crippen LogP contribution in [0.2, 0.25) is 10.0 Å². The molecule has 2 aliphatic heterocycles. The number of aromatic nitrogens is 1. The van der Waals surface area contributed by atoms with Crippen molar-refractivity contribution in [2.75, 3.05) is 26.2 Å². The van der Waals surface area contributed by atoms with E-state index in [1.54, 1.807) is 41.8 Å². The van der Waals surface area contributed by atoms with Crippen LogP contribution in [0.25, 0.3) is 11.3 Å². The van der Waals surface area contributed by atoms with Gasteiger partial charge in [-0.05, 0) is 38.0 Å². The first-order chi connectivity index (χ1) is 19.2. The first-order valence-corrected chi connectivity index (χ1v) is 14.0. The van der Waals surface area contributed by atoms with E-state index in [1.807, 2.05) is 30.3 Å². The minimum atomic E-state index is -0.779. The van der Waals surface area contributed by atoms with E-state index in [1.165, 1.54) is 0 Å². The third-order valence-corrected chi connectivity index (χ3v) is 8.18. The molecule has 1 N–H and O–H groups in total. The molecule has 2 saturated heterocycles. The number of esters is 1. The zero-order chi connectivity index (χ0) is 28.4. The van der Waals surface area contributed by atoms with Crippen LogP contribution >= 0.6 is 23.2 Å². The van der Waals surface area contributed by atoms with Gasteiger partial charge >= 0.3 is 5.97 Å². The number of rotatable bonds is 7. The predicted octanol–water partition coefficient (Wildman–Crippen LogP) is 4.50. The molecule has 2 amide bonds. The summed E-state index contributed by atoms with van der Waals surface area (Å²) in [5.41, 5.74) is 1.26. The smallest absolute Gasteiger partial charge is 0.325 e. The van der Waals surface area contributed by atoms with Crippen LogP contribution < -0.4 is 5.32 Å². The molecule has 40 heavy (non-hydrogen) atoms. The Morgan fingerprint density at radius 2 is 1.77 bits per heavy atom. The quantitative estimate of drug-likeness (QED) is 0.408. The number of aryl methyl sites for hydroxylation is 1. The minimum Gasteiger partial charge on any atom is -0.465 e. The molecule has 1 aromatic heterocycles. The van der Waals surface area contributed by atoms with E-state index in [0.717, 1.165) is 5.56 Å². The highest BCUT2D eigenvalue weighted by Gasteiger charge is 2.52. The Kier molecular flexibility index (Phi) is 8.16. The van der Waals surface area contributed by atoms with E-state index in [-0.39, 0.29) is 25.0 Å². The van der Waals surface area contributed by atoms with E-state index in [0.29, 0.717) is 65.0 Å². The van der Waals surface area contributed by atoms with Crippen molar-refractivity contribution in [1.82, 2.24) is 20.3 Å². The van der Waals surface area contributed by atoms with Crippen molar-refractivity contribution in [3.8, 4) is 11.3 Å². The second-order valence-corrected chi connectivity index (χ2v) is 10.8. The van der Waals surface area contributed by atoms with Gasteiger partial charge in [0.2, 0.25) is 5.91 Å². The van der Waals surface area contributed by atoms with Crippen molar-refractivity contribution < 1.29 is 23.6 Å². The third kappa shape index (κ3) is 5.33. The highest BCUT2D eigenvalue weighted by atomic mass is 35.5. The van der Waals surface area contributed by atoms with Crippen molar-refractivity contribution in [1.29, 1.82) is 0 Å². The molecule has 11 heteroatoms. The molecule has 1 spiro atoms. The fourth-order valence-corrected chi connectivity index (χ4v) is 6.16. The number of hydrogen-bond acceptors (Lipinski definition) is 7. The second-order valence-electron chi connectivity index (χ2n) is 10.00. The maximum absolute atomic E-state index is 13.8. The number of benzene rings is 2. The van der Waals surface area contributed by atoms with Crippen LogP contribution in [0.1, 0.15) is 41.4 Å². The van der Waals surface area contributed by atoms with Crippen LogP contribution in [0.5, 0.6) is 0 Å². The van der Waals surface area contributed by atoms with Gasteiger partial charge in [-0.3, -0.25) is 19.7 Å². The van der Waals surface area contributed by atoms with Gasteiger partial charge in [0.25, 0.3) is 5.91 Å². The fourth-order valence-electron chi connectivity index (χ4n) is 5.59. The molecule has 2 aromatic carbocycles. The Morgan fingerprint density at radius 1 is 1.10 bits per heavy atom. The monoisotopic (exact) mass is 584 g/mol. The molecule has 0 aliphatic carbocycles. The van der Waals surface area contributed by atoms with Gasteiger partial charge in [0.1, 0.15) is 23.6 Å². The lowest BCUT2D eigenvalue weighted by Gasteiger charge is -2.44. The van der Waals surface area contributed by atoms with Crippen LogP contribution in [-0.4, -0.2) is 70.7 Å². The summed E-state index contributed by atoms with van der Waals surface area (Å²) < 4.78 is 10.6. The lowest BCUT2D eigenvalue weighted by atomic mass is 9.94. The van der Waals surface area contributed by atoms with Crippen molar-refractivity contribution >= 4 is 41.0 Å². The SMILES string of the molecule is CCOC(=O)CN1C(=O)C(Cc2ccccc2)NC12CCN(C(=O)c1c(-c3c(Cl)cccc3Cl)noc1C)CC2. The maximum Gasteiger partial charge on any atom is 0.325 e. The van der Waals surface area contributed by atoms with Crippen LogP contribution in [0.3, 0.4) is 0 Å². The summed E-state index contributed by atoms with van der Waals surface area (Å²) in [5.74, 6) is -0.515. The Balaban J connectivity index is 1.38. The lowest BCUT2D eigenvalue weighted by molar-refractivity contribution is -0.151. The first kappa shape index (κ1) is 28.1. The Labute approximate surface area is 242 Å². The molecule has 2 fully saturated rings. The van der Waals surface area contributed by atoms with Crippen molar-refractivity contribution in [2.24, 2.45) is 0 Å². The van der Waals surface area contributed by atoms with Gasteiger partial charge in [0.05, 0.1) is 28.4 Å². The molecule has 1 unspecified atom stereocenters. The molecular formula is C29H30Cl2N4O5. The standard InChI is InChI=1S/C29H30Cl2N4O5/c1-3-39-23(36)17-35-27(37)22(16-19-8-5-4-6-9-19)32-29(35)12-14-34(15-13-29)28(38)24-18(2)40-33-26(24)25-20(30)10-7-11-21(25)31/h4-11,22,32H,3,12-17H2,1-2H3. The van der Waals surface area contributed by atoms with E-state index in [2.05, 4.69) is 10.5 Å². The number of amides is 2. The van der Waals surface area contributed by atoms with Crippen LogP contribution in [0.15, 0.2) is 53.1 Å². The highest BCUT2D eigenvalue weighted by Crippen LogP contribution is 2.39. The normalized spacial score (nSPS) is 18.4. The molecule has 0 bridgehead atoms. The predicted molar refractivity (Wildman–Crippen MR) is 150 cm³/mol. The fraction of sp³-hybridized carbons (Fsp3) is 0.379. The van der Waals surface area contributed by atoms with Crippen molar-refractivity contribution in [2.45, 2.75) is 44.8 Å². The molecule has 1 atom stereocenters. The van der Waals surface area contributed by atoms with Crippen molar-refractivity contribution in [3.05, 3.63) is 75.5 Å².